The molecule has 4 aromatic rings. The molecule has 5 nitrogen and oxygen atoms in total. The molecule has 0 spiro atoms. The number of nitrogens with zero attached hydrogens (tertiary/aromatic N) is 4. The van der Waals surface area contributed by atoms with Gasteiger partial charge in [-0.1, -0.05) is 59.1 Å². The van der Waals surface area contributed by atoms with Gasteiger partial charge in [0.15, 0.2) is 5.82 Å². The zero-order valence-electron chi connectivity index (χ0n) is 17.5. The minimum atomic E-state index is -0.0590. The quantitative estimate of drug-likeness (QED) is 0.337. The molecule has 5 rings (SSSR count). The molecule has 166 valence electrons. The van der Waals surface area contributed by atoms with Crippen LogP contribution >= 0.6 is 34.8 Å². The summed E-state index contributed by atoms with van der Waals surface area (Å²) in [4.78, 5) is 26.6. The number of benzene rings is 3. The van der Waals surface area contributed by atoms with Crippen molar-refractivity contribution in [2.24, 2.45) is 0 Å². The minimum Gasteiger partial charge on any atom is -0.352 e. The number of rotatable bonds is 3. The van der Waals surface area contributed by atoms with Crippen LogP contribution in [0.1, 0.15) is 10.4 Å². The summed E-state index contributed by atoms with van der Waals surface area (Å²) in [7, 11) is 0. The van der Waals surface area contributed by atoms with Crippen LogP contribution in [-0.4, -0.2) is 47.0 Å². The molecule has 3 aromatic carbocycles. The van der Waals surface area contributed by atoms with Crippen LogP contribution in [-0.2, 0) is 0 Å². The van der Waals surface area contributed by atoms with Gasteiger partial charge < -0.3 is 9.80 Å². The number of amides is 1. The van der Waals surface area contributed by atoms with Crippen molar-refractivity contribution >= 4 is 57.4 Å². The number of halogens is 3. The summed E-state index contributed by atoms with van der Waals surface area (Å²) >= 11 is 18.9. The van der Waals surface area contributed by atoms with Gasteiger partial charge in [0.2, 0.25) is 0 Å². The molecule has 8 heteroatoms. The van der Waals surface area contributed by atoms with E-state index in [-0.39, 0.29) is 5.91 Å². The van der Waals surface area contributed by atoms with E-state index in [4.69, 9.17) is 44.8 Å². The summed E-state index contributed by atoms with van der Waals surface area (Å²) in [6, 6.07) is 20.2. The molecule has 1 amide bonds. The standard InChI is InChI=1S/C25H19Cl3N4O/c26-16-9-10-19-22(15-16)29-23(17-5-1-3-7-20(17)27)30-24(19)31-11-13-32(14-12-31)25(33)18-6-2-4-8-21(18)28/h1-10,15H,11-14H2. The number of anilines is 1. The van der Waals surface area contributed by atoms with Crippen molar-refractivity contribution in [3.05, 3.63) is 87.4 Å². The molecule has 1 saturated heterocycles. The molecular weight excluding hydrogens is 479 g/mol. The highest BCUT2D eigenvalue weighted by Crippen LogP contribution is 2.32. The first-order valence-electron chi connectivity index (χ1n) is 10.5. The minimum absolute atomic E-state index is 0.0590. The maximum Gasteiger partial charge on any atom is 0.255 e. The Balaban J connectivity index is 1.47. The van der Waals surface area contributed by atoms with Gasteiger partial charge in [-0.05, 0) is 42.5 Å². The van der Waals surface area contributed by atoms with E-state index in [1.807, 2.05) is 59.5 Å². The average molecular weight is 498 g/mol. The van der Waals surface area contributed by atoms with Gasteiger partial charge in [0.05, 0.1) is 21.1 Å². The Morgan fingerprint density at radius 1 is 0.788 bits per heavy atom. The van der Waals surface area contributed by atoms with Crippen molar-refractivity contribution in [1.82, 2.24) is 14.9 Å². The lowest BCUT2D eigenvalue weighted by molar-refractivity contribution is 0.0747. The lowest BCUT2D eigenvalue weighted by Crippen LogP contribution is -2.49. The van der Waals surface area contributed by atoms with Crippen molar-refractivity contribution in [3.63, 3.8) is 0 Å². The van der Waals surface area contributed by atoms with Gasteiger partial charge in [0.25, 0.3) is 5.91 Å². The molecule has 1 aliphatic rings. The first-order valence-corrected chi connectivity index (χ1v) is 11.7. The summed E-state index contributed by atoms with van der Waals surface area (Å²) in [6.07, 6.45) is 0. The molecule has 0 unspecified atom stereocenters. The lowest BCUT2D eigenvalue weighted by Gasteiger charge is -2.36. The van der Waals surface area contributed by atoms with Crippen molar-refractivity contribution in [1.29, 1.82) is 0 Å². The van der Waals surface area contributed by atoms with E-state index in [1.165, 1.54) is 0 Å². The Morgan fingerprint density at radius 2 is 1.48 bits per heavy atom. The van der Waals surface area contributed by atoms with Gasteiger partial charge in [-0.3, -0.25) is 4.79 Å². The smallest absolute Gasteiger partial charge is 0.255 e. The maximum atomic E-state index is 13.0. The molecule has 0 N–H and O–H groups in total. The van der Waals surface area contributed by atoms with Gasteiger partial charge in [0.1, 0.15) is 5.82 Å². The van der Waals surface area contributed by atoms with E-state index in [2.05, 4.69) is 4.90 Å². The fourth-order valence-corrected chi connectivity index (χ4v) is 4.62. The van der Waals surface area contributed by atoms with E-state index in [0.29, 0.717) is 52.6 Å². The molecule has 1 aliphatic heterocycles. The Hall–Kier alpha value is -2.86. The maximum absolute atomic E-state index is 13.0. The second-order valence-corrected chi connectivity index (χ2v) is 9.02. The Labute approximate surface area is 206 Å². The van der Waals surface area contributed by atoms with Gasteiger partial charge in [-0.2, -0.15) is 0 Å². The number of piperazine rings is 1. The van der Waals surface area contributed by atoms with Crippen LogP contribution in [0.15, 0.2) is 66.7 Å². The summed E-state index contributed by atoms with van der Waals surface area (Å²) in [6.45, 7) is 2.38. The fraction of sp³-hybridized carbons (Fsp3) is 0.160. The summed E-state index contributed by atoms with van der Waals surface area (Å²) in [5.74, 6) is 1.28. The van der Waals surface area contributed by atoms with E-state index in [1.54, 1.807) is 12.1 Å². The van der Waals surface area contributed by atoms with E-state index in [9.17, 15) is 4.79 Å². The molecule has 33 heavy (non-hydrogen) atoms. The fourth-order valence-electron chi connectivity index (χ4n) is 4.02. The number of aromatic nitrogens is 2. The van der Waals surface area contributed by atoms with Crippen LogP contribution in [0, 0.1) is 0 Å². The summed E-state index contributed by atoms with van der Waals surface area (Å²) in [5.41, 5.74) is 2.03. The third-order valence-electron chi connectivity index (χ3n) is 5.72. The zero-order valence-corrected chi connectivity index (χ0v) is 19.8. The monoisotopic (exact) mass is 496 g/mol. The number of hydrogen-bond donors (Lipinski definition) is 0. The second kappa shape index (κ2) is 9.18. The molecule has 0 aliphatic carbocycles. The average Bonchev–Trinajstić information content (AvgIpc) is 2.83. The Morgan fingerprint density at radius 3 is 2.21 bits per heavy atom. The van der Waals surface area contributed by atoms with Gasteiger partial charge in [0, 0.05) is 42.2 Å². The van der Waals surface area contributed by atoms with E-state index >= 15 is 0 Å². The number of fused-ring (bicyclic) bond motifs is 1. The highest BCUT2D eigenvalue weighted by Gasteiger charge is 2.26. The molecule has 2 heterocycles. The van der Waals surface area contributed by atoms with Crippen LogP contribution in [0.2, 0.25) is 15.1 Å². The highest BCUT2D eigenvalue weighted by atomic mass is 35.5. The van der Waals surface area contributed by atoms with Crippen molar-refractivity contribution in [3.8, 4) is 11.4 Å². The molecule has 0 atom stereocenters. The number of hydrogen-bond acceptors (Lipinski definition) is 4. The predicted octanol–water partition coefficient (Wildman–Crippen LogP) is 6.22. The molecule has 1 aromatic heterocycles. The second-order valence-electron chi connectivity index (χ2n) is 7.77. The largest absolute Gasteiger partial charge is 0.352 e. The lowest BCUT2D eigenvalue weighted by atomic mass is 10.1. The summed E-state index contributed by atoms with van der Waals surface area (Å²) < 4.78 is 0. The van der Waals surface area contributed by atoms with Crippen molar-refractivity contribution in [2.75, 3.05) is 31.1 Å². The topological polar surface area (TPSA) is 49.3 Å². The third kappa shape index (κ3) is 4.36. The third-order valence-corrected chi connectivity index (χ3v) is 6.62. The van der Waals surface area contributed by atoms with Gasteiger partial charge >= 0.3 is 0 Å². The van der Waals surface area contributed by atoms with Gasteiger partial charge in [-0.15, -0.1) is 0 Å². The van der Waals surface area contributed by atoms with Crippen molar-refractivity contribution < 1.29 is 4.79 Å². The van der Waals surface area contributed by atoms with Crippen LogP contribution in [0.3, 0.4) is 0 Å². The van der Waals surface area contributed by atoms with Crippen LogP contribution in [0.4, 0.5) is 5.82 Å². The molecule has 0 radical (unpaired) electrons. The first kappa shape index (κ1) is 22.0. The normalized spacial score (nSPS) is 14.0. The van der Waals surface area contributed by atoms with Gasteiger partial charge in [-0.25, -0.2) is 9.97 Å². The van der Waals surface area contributed by atoms with Crippen LogP contribution in [0.25, 0.3) is 22.3 Å². The van der Waals surface area contributed by atoms with E-state index in [0.717, 1.165) is 22.3 Å². The molecular formula is C25H19Cl3N4O. The summed E-state index contributed by atoms with van der Waals surface area (Å²) in [5, 5.41) is 2.56. The molecule has 0 bridgehead atoms. The Kier molecular flexibility index (Phi) is 6.11. The first-order chi connectivity index (χ1) is 16.0. The number of carbonyl (C=O) groups excluding carboxylic acids is 1. The molecule has 1 fully saturated rings. The van der Waals surface area contributed by atoms with Crippen LogP contribution < -0.4 is 4.90 Å². The highest BCUT2D eigenvalue weighted by molar-refractivity contribution is 6.34. The van der Waals surface area contributed by atoms with E-state index < -0.39 is 0 Å². The number of carbonyl (C=O) groups is 1. The SMILES string of the molecule is O=C(c1ccccc1Cl)N1CCN(c2nc(-c3ccccc3Cl)nc3cc(Cl)ccc23)CC1. The van der Waals surface area contributed by atoms with Crippen LogP contribution in [0.5, 0.6) is 0 Å². The molecule has 0 saturated carbocycles. The predicted molar refractivity (Wildman–Crippen MR) is 135 cm³/mol. The zero-order chi connectivity index (χ0) is 22.9. The van der Waals surface area contributed by atoms with Crippen molar-refractivity contribution in [2.45, 2.75) is 0 Å². The Bertz CT molecular complexity index is 1350.